The first-order chi connectivity index (χ1) is 17.9. The molecule has 4 nitrogen and oxygen atoms in total. The number of benzene rings is 2. The maximum absolute atomic E-state index is 13.2. The lowest BCUT2D eigenvalue weighted by atomic mass is 9.45. The molecule has 2 aromatic carbocycles. The smallest absolute Gasteiger partial charge is 0.217 e. The number of nitriles is 1. The van der Waals surface area contributed by atoms with Crippen molar-refractivity contribution in [3.05, 3.63) is 87.6 Å². The van der Waals surface area contributed by atoms with Crippen LogP contribution in [-0.4, -0.2) is 10.8 Å². The lowest BCUT2D eigenvalue weighted by Gasteiger charge is -2.64. The van der Waals surface area contributed by atoms with Crippen LogP contribution in [0.2, 0.25) is 0 Å². The molecule has 0 saturated heterocycles. The van der Waals surface area contributed by atoms with Crippen LogP contribution in [0.25, 0.3) is 10.8 Å². The molecule has 6 heteroatoms. The van der Waals surface area contributed by atoms with Gasteiger partial charge in [0.05, 0.1) is 12.0 Å². The van der Waals surface area contributed by atoms with Crippen LogP contribution in [-0.2, 0) is 12.6 Å². The Morgan fingerprint density at radius 3 is 2.30 bits per heavy atom. The summed E-state index contributed by atoms with van der Waals surface area (Å²) < 4.78 is 3.12. The van der Waals surface area contributed by atoms with Gasteiger partial charge in [0.2, 0.25) is 11.8 Å². The van der Waals surface area contributed by atoms with E-state index in [4.69, 9.17) is 12.6 Å². The molecule has 37 heavy (non-hydrogen) atoms. The number of fused-ring (bicyclic) bond motifs is 1. The van der Waals surface area contributed by atoms with E-state index in [0.29, 0.717) is 28.4 Å². The molecule has 4 aliphatic carbocycles. The Morgan fingerprint density at radius 2 is 1.65 bits per heavy atom. The minimum Gasteiger partial charge on any atom is -0.762 e. The zero-order chi connectivity index (χ0) is 25.4. The van der Waals surface area contributed by atoms with E-state index in [1.165, 1.54) is 19.3 Å². The highest BCUT2D eigenvalue weighted by Gasteiger charge is 2.68. The Morgan fingerprint density at radius 1 is 0.973 bits per heavy atom. The van der Waals surface area contributed by atoms with Gasteiger partial charge in [-0.15, -0.1) is 0 Å². The van der Waals surface area contributed by atoms with Crippen molar-refractivity contribution in [3.63, 3.8) is 0 Å². The Kier molecular flexibility index (Phi) is 5.45. The molecule has 3 unspecified atom stereocenters. The van der Waals surface area contributed by atoms with Gasteiger partial charge < -0.3 is 23.1 Å². The summed E-state index contributed by atoms with van der Waals surface area (Å²) in [6.07, 6.45) is 11.1. The molecule has 3 aromatic rings. The van der Waals surface area contributed by atoms with Crippen LogP contribution in [0.4, 0.5) is 0 Å². The first-order valence-corrected chi connectivity index (χ1v) is 14.6. The van der Waals surface area contributed by atoms with Gasteiger partial charge in [-0.1, -0.05) is 51.3 Å². The molecule has 188 valence electrons. The number of aliphatic hydroxyl groups is 1. The average molecular weight is 573 g/mol. The topological polar surface area (TPSA) is 59.9 Å². The Balaban J connectivity index is 1.48. The lowest BCUT2D eigenvalue weighted by molar-refractivity contribution is -0.744. The van der Waals surface area contributed by atoms with Gasteiger partial charge in [-0.3, -0.25) is 0 Å². The Bertz CT molecular complexity index is 1440. The Hall–Kier alpha value is -2.46. The predicted octanol–water partition coefficient (Wildman–Crippen LogP) is 6.00. The van der Waals surface area contributed by atoms with Crippen LogP contribution in [0.3, 0.4) is 0 Å². The van der Waals surface area contributed by atoms with E-state index in [2.05, 4.69) is 74.6 Å². The standard InChI is InChI=1S/C31H30BrN3OS/c32-25-7-3-6-23(13-25)27-26(17-33)29(37)34-31(36,30-14-19-10-20(15-30)12-21(11-19)16-30)28(27)35-9-8-22-4-1-2-5-24(22)18-35/h1-9,13,18-21,27-28,34,36H,10-12,14-16H2. The largest absolute Gasteiger partial charge is 0.762 e. The molecule has 8 rings (SSSR count). The number of hydrogen-bond donors (Lipinski definition) is 2. The fourth-order valence-electron chi connectivity index (χ4n) is 8.76. The second-order valence-corrected chi connectivity index (χ2v) is 13.3. The van der Waals surface area contributed by atoms with Crippen molar-refractivity contribution in [1.82, 2.24) is 5.32 Å². The van der Waals surface area contributed by atoms with E-state index >= 15 is 0 Å². The van der Waals surface area contributed by atoms with Gasteiger partial charge in [0.1, 0.15) is 0 Å². The summed E-state index contributed by atoms with van der Waals surface area (Å²) in [4.78, 5) is 0. The molecule has 5 aliphatic rings. The van der Waals surface area contributed by atoms with E-state index in [1.54, 1.807) is 0 Å². The quantitative estimate of drug-likeness (QED) is 0.299. The Labute approximate surface area is 231 Å². The molecular formula is C31H30BrN3OS. The fraction of sp³-hybridized carbons (Fsp3) is 0.419. The van der Waals surface area contributed by atoms with E-state index in [-0.39, 0.29) is 11.3 Å². The summed E-state index contributed by atoms with van der Waals surface area (Å²) in [5.41, 5.74) is -0.0438. The number of pyridine rings is 1. The SMILES string of the molecule is N#CC1=C([S-])NC(O)(C23CC4CC(CC(C4)C2)C3)C([n+]2ccc3ccccc3c2)C1c1cccc(Br)c1. The van der Waals surface area contributed by atoms with Gasteiger partial charge in [0, 0.05) is 26.9 Å². The maximum atomic E-state index is 13.2. The summed E-state index contributed by atoms with van der Waals surface area (Å²) in [7, 11) is 0. The van der Waals surface area contributed by atoms with E-state index in [1.807, 2.05) is 24.3 Å². The zero-order valence-corrected chi connectivity index (χ0v) is 23.0. The van der Waals surface area contributed by atoms with Gasteiger partial charge in [-0.05, 0) is 85.4 Å². The molecule has 2 N–H and O–H groups in total. The lowest BCUT2D eigenvalue weighted by Crippen LogP contribution is -2.73. The van der Waals surface area contributed by atoms with Crippen molar-refractivity contribution in [1.29, 1.82) is 5.26 Å². The number of hydrogen-bond acceptors (Lipinski definition) is 4. The highest BCUT2D eigenvalue weighted by atomic mass is 79.9. The molecule has 4 bridgehead atoms. The van der Waals surface area contributed by atoms with Crippen LogP contribution >= 0.6 is 15.9 Å². The summed E-state index contributed by atoms with van der Waals surface area (Å²) in [6, 6.07) is 20.6. The number of aromatic nitrogens is 1. The number of nitrogens with zero attached hydrogens (tertiary/aromatic N) is 2. The third-order valence-electron chi connectivity index (χ3n) is 9.81. The van der Waals surface area contributed by atoms with Gasteiger partial charge >= 0.3 is 0 Å². The summed E-state index contributed by atoms with van der Waals surface area (Å²) in [5, 5.41) is 29.6. The third-order valence-corrected chi connectivity index (χ3v) is 10.6. The third kappa shape index (κ3) is 3.58. The molecule has 1 aliphatic heterocycles. The van der Waals surface area contributed by atoms with Crippen LogP contribution in [0.1, 0.15) is 56.0 Å². The second kappa shape index (κ2) is 8.53. The van der Waals surface area contributed by atoms with Crippen LogP contribution in [0, 0.1) is 34.5 Å². The highest BCUT2D eigenvalue weighted by Crippen LogP contribution is 2.66. The number of rotatable bonds is 3. The van der Waals surface area contributed by atoms with Crippen molar-refractivity contribution >= 4 is 39.3 Å². The van der Waals surface area contributed by atoms with Gasteiger partial charge in [0.15, 0.2) is 12.4 Å². The minimum atomic E-state index is -1.28. The van der Waals surface area contributed by atoms with Crippen molar-refractivity contribution < 1.29 is 9.67 Å². The van der Waals surface area contributed by atoms with Crippen LogP contribution < -0.4 is 9.88 Å². The molecule has 3 atom stereocenters. The summed E-state index contributed by atoms with van der Waals surface area (Å²) in [6.45, 7) is 0. The molecule has 0 radical (unpaired) electrons. The normalized spacial score (nSPS) is 36.4. The monoisotopic (exact) mass is 571 g/mol. The van der Waals surface area contributed by atoms with E-state index < -0.39 is 11.8 Å². The van der Waals surface area contributed by atoms with Crippen molar-refractivity contribution in [2.75, 3.05) is 0 Å². The molecule has 0 amide bonds. The van der Waals surface area contributed by atoms with Gasteiger partial charge in [0.25, 0.3) is 0 Å². The zero-order valence-electron chi connectivity index (χ0n) is 20.6. The van der Waals surface area contributed by atoms with Crippen molar-refractivity contribution in [2.24, 2.45) is 23.2 Å². The molecule has 4 saturated carbocycles. The highest BCUT2D eigenvalue weighted by molar-refractivity contribution is 9.10. The number of allylic oxidation sites excluding steroid dienone is 1. The number of nitrogens with one attached hydrogen (secondary N) is 1. The molecule has 4 fully saturated rings. The van der Waals surface area contributed by atoms with Crippen molar-refractivity contribution in [2.45, 2.75) is 56.2 Å². The first kappa shape index (κ1) is 23.6. The summed E-state index contributed by atoms with van der Waals surface area (Å²) in [5.74, 6) is 1.62. The first-order valence-electron chi connectivity index (χ1n) is 13.4. The second-order valence-electron chi connectivity index (χ2n) is 11.9. The van der Waals surface area contributed by atoms with E-state index in [9.17, 15) is 10.4 Å². The van der Waals surface area contributed by atoms with Crippen LogP contribution in [0.15, 0.2) is 82.1 Å². The molecule has 0 spiro atoms. The van der Waals surface area contributed by atoms with Crippen molar-refractivity contribution in [3.8, 4) is 6.07 Å². The summed E-state index contributed by atoms with van der Waals surface area (Å²) >= 11 is 9.51. The molecular weight excluding hydrogens is 542 g/mol. The van der Waals surface area contributed by atoms with Gasteiger partial charge in [-0.25, -0.2) is 0 Å². The van der Waals surface area contributed by atoms with E-state index in [0.717, 1.165) is 40.1 Å². The van der Waals surface area contributed by atoms with Crippen LogP contribution in [0.5, 0.6) is 0 Å². The predicted molar refractivity (Wildman–Crippen MR) is 149 cm³/mol. The average Bonchev–Trinajstić information content (AvgIpc) is 2.87. The minimum absolute atomic E-state index is 0.277. The number of halogens is 1. The molecule has 2 heterocycles. The molecule has 1 aromatic heterocycles. The maximum Gasteiger partial charge on any atom is 0.217 e. The fourth-order valence-corrected chi connectivity index (χ4v) is 9.50. The van der Waals surface area contributed by atoms with Gasteiger partial charge in [-0.2, -0.15) is 9.83 Å².